The fourth-order valence-corrected chi connectivity index (χ4v) is 5.52. The summed E-state index contributed by atoms with van der Waals surface area (Å²) in [6.07, 6.45) is 11.2. The van der Waals surface area contributed by atoms with Crippen molar-refractivity contribution >= 4 is 12.0 Å². The predicted molar refractivity (Wildman–Crippen MR) is 135 cm³/mol. The number of para-hydroxylation sites is 1. The molecule has 1 saturated carbocycles. The SMILES string of the molecule is N#Cc1ccc2c(c1)CCN(CCC1CCC(NC(=O)/C=C/c3cccc4c3OCO4)CC1)CC2. The molecule has 3 aliphatic rings. The van der Waals surface area contributed by atoms with Gasteiger partial charge in [-0.1, -0.05) is 18.2 Å². The lowest BCUT2D eigenvalue weighted by molar-refractivity contribution is -0.117. The Morgan fingerprint density at radius 1 is 1.09 bits per heavy atom. The van der Waals surface area contributed by atoms with Crippen molar-refractivity contribution in [3.63, 3.8) is 0 Å². The Balaban J connectivity index is 1.03. The third-order valence-corrected chi connectivity index (χ3v) is 7.62. The zero-order valence-corrected chi connectivity index (χ0v) is 20.2. The van der Waals surface area contributed by atoms with Crippen LogP contribution in [0.25, 0.3) is 6.08 Å². The summed E-state index contributed by atoms with van der Waals surface area (Å²) in [4.78, 5) is 15.1. The maximum absolute atomic E-state index is 12.5. The quantitative estimate of drug-likeness (QED) is 0.630. The molecule has 182 valence electrons. The molecule has 6 heteroatoms. The van der Waals surface area contributed by atoms with Gasteiger partial charge in [-0.15, -0.1) is 0 Å². The van der Waals surface area contributed by atoms with E-state index in [0.717, 1.165) is 68.1 Å². The van der Waals surface area contributed by atoms with Crippen LogP contribution in [0.1, 0.15) is 54.4 Å². The highest BCUT2D eigenvalue weighted by molar-refractivity contribution is 5.92. The number of hydrogen-bond acceptors (Lipinski definition) is 5. The summed E-state index contributed by atoms with van der Waals surface area (Å²) >= 11 is 0. The van der Waals surface area contributed by atoms with Gasteiger partial charge in [0.1, 0.15) is 0 Å². The van der Waals surface area contributed by atoms with Gasteiger partial charge in [-0.25, -0.2) is 0 Å². The van der Waals surface area contributed by atoms with Gasteiger partial charge in [0.05, 0.1) is 11.6 Å². The molecule has 0 saturated heterocycles. The van der Waals surface area contributed by atoms with Gasteiger partial charge in [-0.05, 0) is 92.8 Å². The lowest BCUT2D eigenvalue weighted by Gasteiger charge is -2.30. The smallest absolute Gasteiger partial charge is 0.244 e. The highest BCUT2D eigenvalue weighted by Crippen LogP contribution is 2.36. The molecule has 2 aromatic carbocycles. The van der Waals surface area contributed by atoms with Gasteiger partial charge < -0.3 is 19.7 Å². The number of hydrogen-bond donors (Lipinski definition) is 1. The molecule has 2 aliphatic heterocycles. The van der Waals surface area contributed by atoms with Crippen LogP contribution in [0.2, 0.25) is 0 Å². The van der Waals surface area contributed by atoms with Crippen LogP contribution in [0.4, 0.5) is 0 Å². The summed E-state index contributed by atoms with van der Waals surface area (Å²) in [6.45, 7) is 3.53. The van der Waals surface area contributed by atoms with E-state index in [9.17, 15) is 4.79 Å². The summed E-state index contributed by atoms with van der Waals surface area (Å²) in [5, 5.41) is 12.3. The average molecular weight is 472 g/mol. The number of benzene rings is 2. The first-order valence-electron chi connectivity index (χ1n) is 12.8. The minimum absolute atomic E-state index is 0.0475. The van der Waals surface area contributed by atoms with Crippen LogP contribution in [0, 0.1) is 17.2 Å². The van der Waals surface area contributed by atoms with Crippen LogP contribution in [0.5, 0.6) is 11.5 Å². The fourth-order valence-electron chi connectivity index (χ4n) is 5.52. The Kier molecular flexibility index (Phi) is 7.34. The van der Waals surface area contributed by atoms with Crippen molar-refractivity contribution < 1.29 is 14.3 Å². The number of nitrogens with zero attached hydrogens (tertiary/aromatic N) is 2. The van der Waals surface area contributed by atoms with E-state index in [-0.39, 0.29) is 18.7 Å². The molecule has 5 rings (SSSR count). The van der Waals surface area contributed by atoms with Crippen molar-refractivity contribution in [2.45, 2.75) is 51.0 Å². The highest BCUT2D eigenvalue weighted by Gasteiger charge is 2.23. The summed E-state index contributed by atoms with van der Waals surface area (Å²) in [6, 6.07) is 14.4. The summed E-state index contributed by atoms with van der Waals surface area (Å²) < 4.78 is 10.9. The van der Waals surface area contributed by atoms with E-state index in [1.807, 2.05) is 24.3 Å². The Bertz CT molecular complexity index is 1130. The first-order chi connectivity index (χ1) is 17.2. The minimum atomic E-state index is -0.0475. The Hall–Kier alpha value is -3.30. The molecular weight excluding hydrogens is 438 g/mol. The van der Waals surface area contributed by atoms with E-state index in [2.05, 4.69) is 28.4 Å². The Labute approximate surface area is 207 Å². The first-order valence-corrected chi connectivity index (χ1v) is 12.8. The monoisotopic (exact) mass is 471 g/mol. The van der Waals surface area contributed by atoms with E-state index in [1.54, 1.807) is 12.2 Å². The average Bonchev–Trinajstić information content (AvgIpc) is 3.28. The molecule has 2 heterocycles. The molecule has 1 aliphatic carbocycles. The first kappa shape index (κ1) is 23.4. The standard InChI is InChI=1S/C29H33N3O3/c30-19-22-4-7-23-13-16-32(17-14-25(23)18-22)15-12-21-5-9-26(10-6-21)31-28(33)11-8-24-2-1-3-27-29(24)35-20-34-27/h1-4,7-8,11,18,21,26H,5-6,9-10,12-17,20H2,(H,31,33)/b11-8+. The van der Waals surface area contributed by atoms with Gasteiger partial charge in [0.15, 0.2) is 11.5 Å². The maximum Gasteiger partial charge on any atom is 0.244 e. The summed E-state index contributed by atoms with van der Waals surface area (Å²) in [7, 11) is 0. The van der Waals surface area contributed by atoms with Gasteiger partial charge in [0, 0.05) is 30.8 Å². The van der Waals surface area contributed by atoms with Crippen molar-refractivity contribution in [2.75, 3.05) is 26.4 Å². The zero-order valence-electron chi connectivity index (χ0n) is 20.2. The van der Waals surface area contributed by atoms with Gasteiger partial charge in [0.2, 0.25) is 12.7 Å². The summed E-state index contributed by atoms with van der Waals surface area (Å²) in [5.74, 6) is 2.12. The molecule has 35 heavy (non-hydrogen) atoms. The van der Waals surface area contributed by atoms with Crippen molar-refractivity contribution in [2.24, 2.45) is 5.92 Å². The molecular formula is C29H33N3O3. The fraction of sp³-hybridized carbons (Fsp3) is 0.448. The van der Waals surface area contributed by atoms with Gasteiger partial charge >= 0.3 is 0 Å². The molecule has 0 bridgehead atoms. The second-order valence-electron chi connectivity index (χ2n) is 9.87. The normalized spacial score (nSPS) is 21.8. The zero-order chi connectivity index (χ0) is 24.0. The van der Waals surface area contributed by atoms with E-state index in [0.29, 0.717) is 5.75 Å². The highest BCUT2D eigenvalue weighted by atomic mass is 16.7. The number of nitriles is 1. The topological polar surface area (TPSA) is 74.6 Å². The third-order valence-electron chi connectivity index (χ3n) is 7.62. The van der Waals surface area contributed by atoms with Crippen LogP contribution < -0.4 is 14.8 Å². The Morgan fingerprint density at radius 3 is 2.74 bits per heavy atom. The minimum Gasteiger partial charge on any atom is -0.454 e. The molecule has 1 N–H and O–H groups in total. The number of carbonyl (C=O) groups is 1. The number of carbonyl (C=O) groups excluding carboxylic acids is 1. The van der Waals surface area contributed by atoms with Crippen LogP contribution in [-0.4, -0.2) is 43.3 Å². The van der Waals surface area contributed by atoms with Gasteiger partial charge in [-0.3, -0.25) is 4.79 Å². The lowest BCUT2D eigenvalue weighted by atomic mass is 9.84. The molecule has 0 radical (unpaired) electrons. The van der Waals surface area contributed by atoms with E-state index in [1.165, 1.54) is 30.4 Å². The predicted octanol–water partition coefficient (Wildman–Crippen LogP) is 4.47. The third kappa shape index (κ3) is 5.86. The number of fused-ring (bicyclic) bond motifs is 2. The van der Waals surface area contributed by atoms with Crippen molar-refractivity contribution in [1.82, 2.24) is 10.2 Å². The van der Waals surface area contributed by atoms with Crippen molar-refractivity contribution in [3.8, 4) is 17.6 Å². The molecule has 0 spiro atoms. The molecule has 1 fully saturated rings. The molecule has 1 amide bonds. The lowest BCUT2D eigenvalue weighted by Crippen LogP contribution is -2.37. The van der Waals surface area contributed by atoms with Crippen molar-refractivity contribution in [3.05, 3.63) is 64.7 Å². The van der Waals surface area contributed by atoms with E-state index >= 15 is 0 Å². The number of ether oxygens (including phenoxy) is 2. The molecule has 6 nitrogen and oxygen atoms in total. The second-order valence-corrected chi connectivity index (χ2v) is 9.87. The largest absolute Gasteiger partial charge is 0.454 e. The van der Waals surface area contributed by atoms with Crippen molar-refractivity contribution in [1.29, 1.82) is 5.26 Å². The van der Waals surface area contributed by atoms with E-state index < -0.39 is 0 Å². The second kappa shape index (κ2) is 11.0. The van der Waals surface area contributed by atoms with Crippen LogP contribution in [-0.2, 0) is 17.6 Å². The number of rotatable bonds is 6. The maximum atomic E-state index is 12.5. The molecule has 0 unspecified atom stereocenters. The van der Waals surface area contributed by atoms with Gasteiger partial charge in [-0.2, -0.15) is 5.26 Å². The van der Waals surface area contributed by atoms with Crippen LogP contribution in [0.15, 0.2) is 42.5 Å². The van der Waals surface area contributed by atoms with Gasteiger partial charge in [0.25, 0.3) is 0 Å². The van der Waals surface area contributed by atoms with E-state index in [4.69, 9.17) is 14.7 Å². The van der Waals surface area contributed by atoms with Crippen LogP contribution in [0.3, 0.4) is 0 Å². The molecule has 0 aromatic heterocycles. The number of amides is 1. The molecule has 0 atom stereocenters. The number of nitrogens with one attached hydrogen (secondary N) is 1. The van der Waals surface area contributed by atoms with Crippen LogP contribution >= 0.6 is 0 Å². The molecule has 2 aromatic rings. The Morgan fingerprint density at radius 2 is 1.91 bits per heavy atom. The summed E-state index contributed by atoms with van der Waals surface area (Å²) in [5.41, 5.74) is 4.37.